The molecule has 0 saturated carbocycles. The van der Waals surface area contributed by atoms with Crippen molar-refractivity contribution in [1.82, 2.24) is 0 Å². The lowest BCUT2D eigenvalue weighted by Gasteiger charge is -2.03. The maximum atomic E-state index is 12.1. The third-order valence-electron chi connectivity index (χ3n) is 2.65. The van der Waals surface area contributed by atoms with Gasteiger partial charge in [0.05, 0.1) is 16.9 Å². The number of hydrogen-bond donors (Lipinski definition) is 0. The van der Waals surface area contributed by atoms with Crippen LogP contribution < -0.4 is 0 Å². The van der Waals surface area contributed by atoms with Gasteiger partial charge in [-0.25, -0.2) is 8.42 Å². The predicted octanol–water partition coefficient (Wildman–Crippen LogP) is 2.47. The largest absolute Gasteiger partial charge is 0.468 e. The van der Waals surface area contributed by atoms with Crippen molar-refractivity contribution in [3.63, 3.8) is 0 Å². The molecule has 2 aromatic rings. The number of nitro benzene ring substituents is 1. The third-order valence-corrected chi connectivity index (χ3v) is 4.46. The van der Waals surface area contributed by atoms with Gasteiger partial charge < -0.3 is 4.42 Å². The fourth-order valence-electron chi connectivity index (χ4n) is 1.71. The van der Waals surface area contributed by atoms with E-state index in [1.165, 1.54) is 36.6 Å². The van der Waals surface area contributed by atoms with Crippen LogP contribution in [0.4, 0.5) is 5.69 Å². The Balaban J connectivity index is 2.26. The summed E-state index contributed by atoms with van der Waals surface area (Å²) in [4.78, 5) is 10.1. The van der Waals surface area contributed by atoms with Gasteiger partial charge in [-0.1, -0.05) is 12.1 Å². The van der Waals surface area contributed by atoms with E-state index in [-0.39, 0.29) is 16.3 Å². The Morgan fingerprint density at radius 3 is 2.32 bits per heavy atom. The molecule has 0 N–H and O–H groups in total. The van der Waals surface area contributed by atoms with Gasteiger partial charge in [0.1, 0.15) is 10.7 Å². The Morgan fingerprint density at radius 2 is 1.84 bits per heavy atom. The van der Waals surface area contributed by atoms with Gasteiger partial charge in [0.15, 0.2) is 9.84 Å². The zero-order chi connectivity index (χ0) is 14.0. The van der Waals surface area contributed by atoms with Crippen molar-refractivity contribution >= 4 is 15.5 Å². The lowest BCUT2D eigenvalue weighted by Crippen LogP contribution is -2.05. The molecule has 0 saturated heterocycles. The lowest BCUT2D eigenvalue weighted by atomic mass is 10.2. The summed E-state index contributed by atoms with van der Waals surface area (Å²) in [6.07, 6.45) is 1.32. The van der Waals surface area contributed by atoms with E-state index < -0.39 is 14.8 Å². The molecule has 0 aliphatic rings. The molecule has 19 heavy (non-hydrogen) atoms. The van der Waals surface area contributed by atoms with Crippen LogP contribution >= 0.6 is 0 Å². The van der Waals surface area contributed by atoms with Crippen LogP contribution in [0.15, 0.2) is 45.9 Å². The summed E-state index contributed by atoms with van der Waals surface area (Å²) in [5, 5.41) is 10.5. The Bertz CT molecular complexity index is 700. The van der Waals surface area contributed by atoms with Crippen LogP contribution in [0.2, 0.25) is 0 Å². The van der Waals surface area contributed by atoms with Crippen LogP contribution in [0.5, 0.6) is 0 Å². The number of furan rings is 1. The van der Waals surface area contributed by atoms with E-state index in [0.717, 1.165) is 0 Å². The molecule has 6 nitrogen and oxygen atoms in total. The van der Waals surface area contributed by atoms with E-state index in [4.69, 9.17) is 4.42 Å². The van der Waals surface area contributed by atoms with Gasteiger partial charge in [-0.3, -0.25) is 10.1 Å². The molecular weight excluding hydrogens is 270 g/mol. The molecule has 1 aromatic heterocycles. The molecule has 0 aliphatic heterocycles. The van der Waals surface area contributed by atoms with Crippen molar-refractivity contribution in [3.05, 3.63) is 58.0 Å². The highest BCUT2D eigenvalue weighted by Crippen LogP contribution is 2.22. The maximum absolute atomic E-state index is 12.1. The topological polar surface area (TPSA) is 90.4 Å². The molecule has 0 radical (unpaired) electrons. The van der Waals surface area contributed by atoms with Gasteiger partial charge >= 0.3 is 0 Å². The first-order valence-electron chi connectivity index (χ1n) is 5.40. The molecule has 0 spiro atoms. The number of non-ortho nitro benzene ring substituents is 1. The summed E-state index contributed by atoms with van der Waals surface area (Å²) in [5.74, 6) is 0.118. The van der Waals surface area contributed by atoms with Gasteiger partial charge in [-0.2, -0.15) is 0 Å². The van der Waals surface area contributed by atoms with Crippen LogP contribution in [0.25, 0.3) is 0 Å². The molecular formula is C12H11NO5S. The molecule has 1 heterocycles. The molecule has 100 valence electrons. The molecule has 2 rings (SSSR count). The second kappa shape index (κ2) is 4.85. The van der Waals surface area contributed by atoms with Gasteiger partial charge in [-0.15, -0.1) is 0 Å². The van der Waals surface area contributed by atoms with E-state index in [1.54, 1.807) is 6.92 Å². The number of rotatable bonds is 4. The SMILES string of the molecule is Cc1occc1S(=O)(=O)Cc1ccc([N+](=O)[O-])cc1. The third kappa shape index (κ3) is 2.82. The molecule has 0 amide bonds. The summed E-state index contributed by atoms with van der Waals surface area (Å²) >= 11 is 0. The molecule has 0 atom stereocenters. The van der Waals surface area contributed by atoms with Crippen molar-refractivity contribution in [1.29, 1.82) is 0 Å². The molecule has 7 heteroatoms. The normalized spacial score (nSPS) is 11.4. The molecule has 0 unspecified atom stereocenters. The number of aryl methyl sites for hydroxylation is 1. The fourth-order valence-corrected chi connectivity index (χ4v) is 3.24. The molecule has 0 fully saturated rings. The number of nitrogens with zero attached hydrogens (tertiary/aromatic N) is 1. The number of benzene rings is 1. The highest BCUT2D eigenvalue weighted by Gasteiger charge is 2.20. The average Bonchev–Trinajstić information content (AvgIpc) is 2.76. The van der Waals surface area contributed by atoms with E-state index in [0.29, 0.717) is 11.3 Å². The van der Waals surface area contributed by atoms with Crippen LogP contribution in [0.3, 0.4) is 0 Å². The number of nitro groups is 1. The highest BCUT2D eigenvalue weighted by atomic mass is 32.2. The molecule has 0 bridgehead atoms. The van der Waals surface area contributed by atoms with Gasteiger partial charge in [0.25, 0.3) is 5.69 Å². The Morgan fingerprint density at radius 1 is 1.21 bits per heavy atom. The van der Waals surface area contributed by atoms with Gasteiger partial charge in [-0.05, 0) is 18.6 Å². The quantitative estimate of drug-likeness (QED) is 0.634. The predicted molar refractivity (Wildman–Crippen MR) is 67.4 cm³/mol. The minimum atomic E-state index is -3.50. The summed E-state index contributed by atoms with van der Waals surface area (Å²) in [7, 11) is -3.50. The fraction of sp³-hybridized carbons (Fsp3) is 0.167. The summed E-state index contributed by atoms with van der Waals surface area (Å²) < 4.78 is 29.2. The first kappa shape index (κ1) is 13.3. The lowest BCUT2D eigenvalue weighted by molar-refractivity contribution is -0.384. The van der Waals surface area contributed by atoms with Crippen molar-refractivity contribution in [3.8, 4) is 0 Å². The van der Waals surface area contributed by atoms with Crippen molar-refractivity contribution in [2.45, 2.75) is 17.6 Å². The second-order valence-corrected chi connectivity index (χ2v) is 5.98. The highest BCUT2D eigenvalue weighted by molar-refractivity contribution is 7.90. The zero-order valence-electron chi connectivity index (χ0n) is 10.1. The maximum Gasteiger partial charge on any atom is 0.269 e. The first-order valence-corrected chi connectivity index (χ1v) is 7.05. The summed E-state index contributed by atoms with van der Waals surface area (Å²) in [5.41, 5.74) is 0.423. The first-order chi connectivity index (χ1) is 8.90. The molecule has 0 aliphatic carbocycles. The van der Waals surface area contributed by atoms with Crippen LogP contribution in [-0.4, -0.2) is 13.3 Å². The number of sulfone groups is 1. The van der Waals surface area contributed by atoms with E-state index in [2.05, 4.69) is 0 Å². The Labute approximate surface area is 109 Å². The Hall–Kier alpha value is -2.15. The Kier molecular flexibility index (Phi) is 3.39. The number of hydrogen-bond acceptors (Lipinski definition) is 5. The van der Waals surface area contributed by atoms with Gasteiger partial charge in [0, 0.05) is 12.1 Å². The van der Waals surface area contributed by atoms with Crippen molar-refractivity contribution < 1.29 is 17.8 Å². The van der Waals surface area contributed by atoms with Crippen LogP contribution in [0, 0.1) is 17.0 Å². The standard InChI is InChI=1S/C12H11NO5S/c1-9-12(6-7-18-9)19(16,17)8-10-2-4-11(5-3-10)13(14)15/h2-7H,8H2,1H3. The summed E-state index contributed by atoms with van der Waals surface area (Å²) in [6.45, 7) is 1.57. The minimum Gasteiger partial charge on any atom is -0.468 e. The monoisotopic (exact) mass is 281 g/mol. The van der Waals surface area contributed by atoms with E-state index >= 15 is 0 Å². The summed E-state index contributed by atoms with van der Waals surface area (Å²) in [6, 6.07) is 6.84. The molecule has 1 aromatic carbocycles. The smallest absolute Gasteiger partial charge is 0.269 e. The van der Waals surface area contributed by atoms with Crippen LogP contribution in [0.1, 0.15) is 11.3 Å². The van der Waals surface area contributed by atoms with Crippen molar-refractivity contribution in [2.75, 3.05) is 0 Å². The van der Waals surface area contributed by atoms with E-state index in [9.17, 15) is 18.5 Å². The zero-order valence-corrected chi connectivity index (χ0v) is 10.9. The van der Waals surface area contributed by atoms with Crippen LogP contribution in [-0.2, 0) is 15.6 Å². The second-order valence-electron chi connectivity index (χ2n) is 4.02. The minimum absolute atomic E-state index is 0.0689. The average molecular weight is 281 g/mol. The van der Waals surface area contributed by atoms with E-state index in [1.807, 2.05) is 0 Å². The van der Waals surface area contributed by atoms with Gasteiger partial charge in [0.2, 0.25) is 0 Å². The van der Waals surface area contributed by atoms with Crippen molar-refractivity contribution in [2.24, 2.45) is 0 Å².